The summed E-state index contributed by atoms with van der Waals surface area (Å²) in [6.45, 7) is 7.97. The molecule has 1 heterocycles. The zero-order chi connectivity index (χ0) is 17.7. The van der Waals surface area contributed by atoms with E-state index in [4.69, 9.17) is 27.9 Å². The lowest BCUT2D eigenvalue weighted by molar-refractivity contribution is -0.127. The van der Waals surface area contributed by atoms with E-state index in [1.165, 1.54) is 0 Å². The van der Waals surface area contributed by atoms with Crippen LogP contribution in [0.3, 0.4) is 0 Å². The summed E-state index contributed by atoms with van der Waals surface area (Å²) in [6, 6.07) is 5.42. The standard InChI is InChI=1S/C17H23Cl2N3O2/c1-11(2)22-8-6-14(7-9-22)20-21-17(23)12(3)24-16-5-4-13(18)10-15(16)19/h4-5,10-12H,6-9H2,1-3H3,(H,21,23). The summed E-state index contributed by atoms with van der Waals surface area (Å²) in [4.78, 5) is 14.5. The lowest BCUT2D eigenvalue weighted by Crippen LogP contribution is -2.40. The number of hydrogen-bond donors (Lipinski definition) is 1. The second-order valence-corrected chi connectivity index (χ2v) is 6.96. The number of amides is 1. The van der Waals surface area contributed by atoms with Gasteiger partial charge in [-0.3, -0.25) is 4.79 Å². The first kappa shape index (κ1) is 19.0. The minimum Gasteiger partial charge on any atom is -0.479 e. The Bertz CT molecular complexity index is 610. The van der Waals surface area contributed by atoms with Crippen LogP contribution < -0.4 is 10.2 Å². The Morgan fingerprint density at radius 2 is 1.92 bits per heavy atom. The van der Waals surface area contributed by atoms with E-state index in [1.807, 2.05) is 0 Å². The Kier molecular flexibility index (Phi) is 6.90. The van der Waals surface area contributed by atoms with Crippen LogP contribution in [0.5, 0.6) is 5.75 Å². The average Bonchev–Trinajstić information content (AvgIpc) is 2.55. The highest BCUT2D eigenvalue weighted by molar-refractivity contribution is 6.35. The summed E-state index contributed by atoms with van der Waals surface area (Å²) in [6.07, 6.45) is 1.04. The lowest BCUT2D eigenvalue weighted by Gasteiger charge is -2.30. The molecule has 0 spiro atoms. The molecule has 0 saturated carbocycles. The number of hydrogen-bond acceptors (Lipinski definition) is 4. The SMILES string of the molecule is CC(Oc1ccc(Cl)cc1Cl)C(=O)NN=C1CCN(C(C)C)CC1. The molecule has 0 aromatic heterocycles. The van der Waals surface area contributed by atoms with E-state index in [2.05, 4.69) is 29.3 Å². The van der Waals surface area contributed by atoms with Crippen LogP contribution in [0.4, 0.5) is 0 Å². The zero-order valence-electron chi connectivity index (χ0n) is 14.2. The smallest absolute Gasteiger partial charge is 0.280 e. The van der Waals surface area contributed by atoms with E-state index >= 15 is 0 Å². The monoisotopic (exact) mass is 371 g/mol. The summed E-state index contributed by atoms with van der Waals surface area (Å²) in [5.41, 5.74) is 3.59. The molecular formula is C17H23Cl2N3O2. The van der Waals surface area contributed by atoms with Crippen molar-refractivity contribution >= 4 is 34.8 Å². The molecule has 1 atom stereocenters. The number of carbonyl (C=O) groups is 1. The predicted octanol–water partition coefficient (Wildman–Crippen LogP) is 3.74. The van der Waals surface area contributed by atoms with Crippen molar-refractivity contribution in [1.29, 1.82) is 0 Å². The minimum absolute atomic E-state index is 0.306. The Morgan fingerprint density at radius 3 is 2.50 bits per heavy atom. The third-order valence-corrected chi connectivity index (χ3v) is 4.53. The van der Waals surface area contributed by atoms with Crippen molar-refractivity contribution in [3.63, 3.8) is 0 Å². The largest absolute Gasteiger partial charge is 0.479 e. The number of nitrogens with one attached hydrogen (secondary N) is 1. The molecular weight excluding hydrogens is 349 g/mol. The molecule has 1 fully saturated rings. The van der Waals surface area contributed by atoms with E-state index in [1.54, 1.807) is 25.1 Å². The molecule has 0 radical (unpaired) electrons. The summed E-state index contributed by atoms with van der Waals surface area (Å²) in [5, 5.41) is 5.12. The molecule has 1 aliphatic rings. The van der Waals surface area contributed by atoms with Crippen LogP contribution in [0.1, 0.15) is 33.6 Å². The molecule has 0 aliphatic carbocycles. The van der Waals surface area contributed by atoms with Crippen LogP contribution in [-0.4, -0.2) is 41.8 Å². The molecule has 1 amide bonds. The molecule has 1 aromatic carbocycles. The van der Waals surface area contributed by atoms with Crippen molar-refractivity contribution < 1.29 is 9.53 Å². The molecule has 0 bridgehead atoms. The number of hydrazone groups is 1. The van der Waals surface area contributed by atoms with Gasteiger partial charge in [-0.2, -0.15) is 5.10 Å². The van der Waals surface area contributed by atoms with Gasteiger partial charge in [-0.15, -0.1) is 0 Å². The highest BCUT2D eigenvalue weighted by atomic mass is 35.5. The van der Waals surface area contributed by atoms with Crippen LogP contribution >= 0.6 is 23.2 Å². The summed E-state index contributed by atoms with van der Waals surface area (Å²) < 4.78 is 5.57. The van der Waals surface area contributed by atoms with Crippen molar-refractivity contribution in [2.45, 2.75) is 45.8 Å². The van der Waals surface area contributed by atoms with E-state index < -0.39 is 6.10 Å². The fourth-order valence-corrected chi connectivity index (χ4v) is 2.90. The van der Waals surface area contributed by atoms with Crippen molar-refractivity contribution in [3.05, 3.63) is 28.2 Å². The van der Waals surface area contributed by atoms with Crippen LogP contribution in [0.2, 0.25) is 10.0 Å². The maximum Gasteiger partial charge on any atom is 0.280 e. The zero-order valence-corrected chi connectivity index (χ0v) is 15.7. The molecule has 1 N–H and O–H groups in total. The minimum atomic E-state index is -0.705. The Hall–Kier alpha value is -1.30. The average molecular weight is 372 g/mol. The van der Waals surface area contributed by atoms with E-state index in [9.17, 15) is 4.79 Å². The van der Waals surface area contributed by atoms with E-state index in [-0.39, 0.29) is 5.91 Å². The summed E-state index contributed by atoms with van der Waals surface area (Å²) >= 11 is 11.9. The van der Waals surface area contributed by atoms with Gasteiger partial charge in [0.05, 0.1) is 5.02 Å². The molecule has 1 aromatic rings. The van der Waals surface area contributed by atoms with Crippen LogP contribution in [0, 0.1) is 0 Å². The number of halogens is 2. The number of likely N-dealkylation sites (tertiary alicyclic amines) is 1. The molecule has 24 heavy (non-hydrogen) atoms. The van der Waals surface area contributed by atoms with Gasteiger partial charge in [-0.1, -0.05) is 23.2 Å². The number of benzene rings is 1. The first-order valence-corrected chi connectivity index (χ1v) is 8.83. The quantitative estimate of drug-likeness (QED) is 0.802. The van der Waals surface area contributed by atoms with Crippen molar-refractivity contribution in [2.24, 2.45) is 5.10 Å². The van der Waals surface area contributed by atoms with Gasteiger partial charge in [0.15, 0.2) is 6.10 Å². The topological polar surface area (TPSA) is 53.9 Å². The van der Waals surface area contributed by atoms with Gasteiger partial charge in [-0.05, 0) is 39.0 Å². The van der Waals surface area contributed by atoms with E-state index in [0.717, 1.165) is 31.6 Å². The highest BCUT2D eigenvalue weighted by Crippen LogP contribution is 2.28. The van der Waals surface area contributed by atoms with Crippen LogP contribution in [0.15, 0.2) is 23.3 Å². The number of rotatable bonds is 5. The van der Waals surface area contributed by atoms with Crippen molar-refractivity contribution in [2.75, 3.05) is 13.1 Å². The normalized spacial score (nSPS) is 16.8. The third kappa shape index (κ3) is 5.36. The number of nitrogens with zero attached hydrogens (tertiary/aromatic N) is 2. The maximum absolute atomic E-state index is 12.1. The number of carbonyl (C=O) groups excluding carboxylic acids is 1. The second-order valence-electron chi connectivity index (χ2n) is 6.12. The predicted molar refractivity (Wildman–Crippen MR) is 98.1 cm³/mol. The van der Waals surface area contributed by atoms with Crippen molar-refractivity contribution in [1.82, 2.24) is 10.3 Å². The molecule has 1 saturated heterocycles. The van der Waals surface area contributed by atoms with Crippen LogP contribution in [0.25, 0.3) is 0 Å². The first-order chi connectivity index (χ1) is 11.4. The van der Waals surface area contributed by atoms with Crippen molar-refractivity contribution in [3.8, 4) is 5.75 Å². The van der Waals surface area contributed by atoms with Gasteiger partial charge in [0, 0.05) is 42.7 Å². The van der Waals surface area contributed by atoms with E-state index in [0.29, 0.717) is 21.8 Å². The van der Waals surface area contributed by atoms with Gasteiger partial charge in [0.1, 0.15) is 5.75 Å². The van der Waals surface area contributed by atoms with Gasteiger partial charge in [0.25, 0.3) is 5.91 Å². The summed E-state index contributed by atoms with van der Waals surface area (Å²) in [7, 11) is 0. The summed E-state index contributed by atoms with van der Waals surface area (Å²) in [5.74, 6) is 0.112. The Balaban J connectivity index is 1.85. The Labute approximate surface area is 152 Å². The van der Waals surface area contributed by atoms with Gasteiger partial charge >= 0.3 is 0 Å². The first-order valence-electron chi connectivity index (χ1n) is 8.08. The van der Waals surface area contributed by atoms with Gasteiger partial charge in [-0.25, -0.2) is 5.43 Å². The maximum atomic E-state index is 12.1. The third-order valence-electron chi connectivity index (χ3n) is 4.00. The molecule has 5 nitrogen and oxygen atoms in total. The number of piperidine rings is 1. The molecule has 1 aliphatic heterocycles. The Morgan fingerprint density at radius 1 is 1.25 bits per heavy atom. The molecule has 2 rings (SSSR count). The fourth-order valence-electron chi connectivity index (χ4n) is 2.45. The highest BCUT2D eigenvalue weighted by Gasteiger charge is 2.19. The fraction of sp³-hybridized carbons (Fsp3) is 0.529. The lowest BCUT2D eigenvalue weighted by atomic mass is 10.1. The second kappa shape index (κ2) is 8.70. The van der Waals surface area contributed by atoms with Crippen LogP contribution in [-0.2, 0) is 4.79 Å². The van der Waals surface area contributed by atoms with Gasteiger partial charge in [0.2, 0.25) is 0 Å². The number of ether oxygens (including phenoxy) is 1. The molecule has 7 heteroatoms. The molecule has 1 unspecified atom stereocenters. The van der Waals surface area contributed by atoms with Gasteiger partial charge < -0.3 is 9.64 Å². The molecule has 132 valence electrons.